The summed E-state index contributed by atoms with van der Waals surface area (Å²) in [7, 11) is 1.48. The molecule has 1 aliphatic rings. The number of nitrogens with zero attached hydrogens (tertiary/aromatic N) is 1. The quantitative estimate of drug-likeness (QED) is 0.622. The van der Waals surface area contributed by atoms with Crippen LogP contribution in [-0.4, -0.2) is 17.6 Å². The Labute approximate surface area is 149 Å². The van der Waals surface area contributed by atoms with Crippen LogP contribution in [0.25, 0.3) is 16.6 Å². The van der Waals surface area contributed by atoms with Crippen LogP contribution < -0.4 is 0 Å². The molecule has 1 aliphatic carbocycles. The summed E-state index contributed by atoms with van der Waals surface area (Å²) < 4.78 is 7.28. The molecule has 25 heavy (non-hydrogen) atoms. The van der Waals surface area contributed by atoms with E-state index in [9.17, 15) is 4.79 Å². The fraction of sp³-hybridized carbons (Fsp3) is 0.318. The normalized spacial score (nSPS) is 15.9. The molecule has 0 N–H and O–H groups in total. The zero-order valence-corrected chi connectivity index (χ0v) is 15.2. The van der Waals surface area contributed by atoms with Gasteiger partial charge in [-0.25, -0.2) is 0 Å². The van der Waals surface area contributed by atoms with Gasteiger partial charge in [0, 0.05) is 23.2 Å². The Bertz CT molecular complexity index is 864. The molecular formula is C22H25NO2. The predicted octanol–water partition coefficient (Wildman–Crippen LogP) is 4.93. The van der Waals surface area contributed by atoms with Gasteiger partial charge in [0.25, 0.3) is 0 Å². The van der Waals surface area contributed by atoms with Crippen molar-refractivity contribution in [2.24, 2.45) is 5.92 Å². The van der Waals surface area contributed by atoms with Crippen molar-refractivity contribution in [2.45, 2.75) is 33.1 Å². The summed E-state index contributed by atoms with van der Waals surface area (Å²) >= 11 is 0. The van der Waals surface area contributed by atoms with Crippen LogP contribution in [0.5, 0.6) is 0 Å². The molecule has 0 radical (unpaired) electrons. The third-order valence-electron chi connectivity index (χ3n) is 4.82. The first kappa shape index (κ1) is 17.3. The van der Waals surface area contributed by atoms with Gasteiger partial charge in [-0.1, -0.05) is 50.2 Å². The van der Waals surface area contributed by atoms with Gasteiger partial charge in [0.2, 0.25) is 0 Å². The van der Waals surface area contributed by atoms with E-state index in [4.69, 9.17) is 4.74 Å². The lowest BCUT2D eigenvalue weighted by Gasteiger charge is -2.22. The third-order valence-corrected chi connectivity index (χ3v) is 4.82. The van der Waals surface area contributed by atoms with Crippen molar-refractivity contribution < 1.29 is 9.53 Å². The van der Waals surface area contributed by atoms with Crippen molar-refractivity contribution in [1.82, 2.24) is 4.57 Å². The number of hydrogen-bond donors (Lipinski definition) is 0. The van der Waals surface area contributed by atoms with Crippen LogP contribution in [0.1, 0.15) is 31.5 Å². The Hall–Kier alpha value is -2.55. The number of aromatic nitrogens is 1. The van der Waals surface area contributed by atoms with Crippen LogP contribution in [0.15, 0.2) is 54.6 Å². The Morgan fingerprint density at radius 1 is 1.04 bits per heavy atom. The van der Waals surface area contributed by atoms with E-state index in [1.54, 1.807) is 0 Å². The molecule has 1 unspecified atom stereocenters. The zero-order chi connectivity index (χ0) is 17.8. The molecule has 0 amide bonds. The van der Waals surface area contributed by atoms with Gasteiger partial charge in [-0.05, 0) is 36.6 Å². The number of para-hydroxylation sites is 2. The van der Waals surface area contributed by atoms with Gasteiger partial charge >= 0.3 is 5.97 Å². The van der Waals surface area contributed by atoms with E-state index in [0.29, 0.717) is 0 Å². The first-order valence-corrected chi connectivity index (χ1v) is 9.04. The second-order valence-electron chi connectivity index (χ2n) is 6.08. The number of esters is 1. The molecule has 1 atom stereocenters. The second kappa shape index (κ2) is 7.56. The molecule has 0 fully saturated rings. The van der Waals surface area contributed by atoms with Gasteiger partial charge in [0.15, 0.2) is 0 Å². The zero-order valence-electron chi connectivity index (χ0n) is 15.2. The van der Waals surface area contributed by atoms with E-state index in [0.717, 1.165) is 24.9 Å². The second-order valence-corrected chi connectivity index (χ2v) is 6.08. The summed E-state index contributed by atoms with van der Waals surface area (Å²) in [5.41, 5.74) is 4.99. The number of aryl methyl sites for hydroxylation is 1. The topological polar surface area (TPSA) is 31.2 Å². The molecule has 0 saturated heterocycles. The van der Waals surface area contributed by atoms with Crippen LogP contribution in [0, 0.1) is 5.92 Å². The minimum atomic E-state index is -0.0967. The lowest BCUT2D eigenvalue weighted by atomic mass is 9.87. The molecule has 3 nitrogen and oxygen atoms in total. The standard InChI is InChI=1S/C20H19NO2.C2H6/c1-23-20(22)14-11-12-17-16-9-5-6-10-18(16)21(19(17)13-14)15-7-3-2-4-8-15;1-2/h2-10,14H,11-13H2,1H3;1-2H3. The van der Waals surface area contributed by atoms with Gasteiger partial charge in [-0.15, -0.1) is 0 Å². The maximum atomic E-state index is 12.0. The van der Waals surface area contributed by atoms with Crippen LogP contribution in [0.4, 0.5) is 0 Å². The predicted molar refractivity (Wildman–Crippen MR) is 102 cm³/mol. The van der Waals surface area contributed by atoms with Crippen molar-refractivity contribution in [3.63, 3.8) is 0 Å². The van der Waals surface area contributed by atoms with Crippen LogP contribution in [-0.2, 0) is 22.4 Å². The molecule has 2 aromatic carbocycles. The van der Waals surface area contributed by atoms with E-state index in [2.05, 4.69) is 53.1 Å². The maximum absolute atomic E-state index is 12.0. The molecule has 1 aromatic heterocycles. The lowest BCUT2D eigenvalue weighted by molar-refractivity contribution is -0.145. The van der Waals surface area contributed by atoms with Crippen molar-refractivity contribution in [3.05, 3.63) is 65.9 Å². The van der Waals surface area contributed by atoms with E-state index < -0.39 is 0 Å². The third kappa shape index (κ3) is 3.07. The highest BCUT2D eigenvalue weighted by Gasteiger charge is 2.30. The van der Waals surface area contributed by atoms with Crippen molar-refractivity contribution in [1.29, 1.82) is 0 Å². The van der Waals surface area contributed by atoms with Crippen LogP contribution >= 0.6 is 0 Å². The number of carbonyl (C=O) groups is 1. The molecule has 0 saturated carbocycles. The first-order chi connectivity index (χ1) is 12.3. The molecule has 1 heterocycles. The molecule has 0 aliphatic heterocycles. The average Bonchev–Trinajstić information content (AvgIpc) is 3.03. The molecule has 4 rings (SSSR count). The first-order valence-electron chi connectivity index (χ1n) is 9.04. The van der Waals surface area contributed by atoms with Gasteiger partial charge in [0.05, 0.1) is 18.5 Å². The van der Waals surface area contributed by atoms with E-state index in [1.165, 1.54) is 29.3 Å². The highest BCUT2D eigenvalue weighted by molar-refractivity contribution is 5.88. The fourth-order valence-corrected chi connectivity index (χ4v) is 3.75. The Morgan fingerprint density at radius 2 is 1.72 bits per heavy atom. The van der Waals surface area contributed by atoms with Gasteiger partial charge in [-0.2, -0.15) is 0 Å². The molecule has 130 valence electrons. The summed E-state index contributed by atoms with van der Waals surface area (Å²) in [6, 6.07) is 18.9. The van der Waals surface area contributed by atoms with Gasteiger partial charge in [-0.3, -0.25) is 4.79 Å². The van der Waals surface area contributed by atoms with Crippen LogP contribution in [0.3, 0.4) is 0 Å². The highest BCUT2D eigenvalue weighted by Crippen LogP contribution is 2.36. The molecule has 3 aromatic rings. The number of carbonyl (C=O) groups excluding carboxylic acids is 1. The number of hydrogen-bond acceptors (Lipinski definition) is 2. The average molecular weight is 335 g/mol. The summed E-state index contributed by atoms with van der Waals surface area (Å²) in [5, 5.41) is 1.30. The lowest BCUT2D eigenvalue weighted by Crippen LogP contribution is -2.24. The number of ether oxygens (including phenoxy) is 1. The molecular weight excluding hydrogens is 310 g/mol. The van der Waals surface area contributed by atoms with Crippen molar-refractivity contribution in [3.8, 4) is 5.69 Å². The summed E-state index contributed by atoms with van der Waals surface area (Å²) in [6.45, 7) is 4.00. The number of rotatable bonds is 2. The largest absolute Gasteiger partial charge is 0.469 e. The van der Waals surface area contributed by atoms with E-state index in [1.807, 2.05) is 19.9 Å². The number of benzene rings is 2. The molecule has 0 bridgehead atoms. The fourth-order valence-electron chi connectivity index (χ4n) is 3.75. The van der Waals surface area contributed by atoms with Crippen LogP contribution in [0.2, 0.25) is 0 Å². The maximum Gasteiger partial charge on any atom is 0.309 e. The Balaban J connectivity index is 0.000000880. The summed E-state index contributed by atoms with van der Waals surface area (Å²) in [4.78, 5) is 12.0. The van der Waals surface area contributed by atoms with E-state index in [-0.39, 0.29) is 11.9 Å². The number of fused-ring (bicyclic) bond motifs is 3. The minimum absolute atomic E-state index is 0.0423. The highest BCUT2D eigenvalue weighted by atomic mass is 16.5. The summed E-state index contributed by atoms with van der Waals surface area (Å²) in [6.07, 6.45) is 2.53. The SMILES string of the molecule is CC.COC(=O)C1CCc2c(n(-c3ccccc3)c3ccccc23)C1. The Kier molecular flexibility index (Phi) is 5.22. The van der Waals surface area contributed by atoms with Crippen molar-refractivity contribution in [2.75, 3.05) is 7.11 Å². The molecule has 3 heteroatoms. The van der Waals surface area contributed by atoms with Gasteiger partial charge < -0.3 is 9.30 Å². The smallest absolute Gasteiger partial charge is 0.309 e. The minimum Gasteiger partial charge on any atom is -0.469 e. The molecule has 0 spiro atoms. The van der Waals surface area contributed by atoms with Gasteiger partial charge in [0.1, 0.15) is 0 Å². The van der Waals surface area contributed by atoms with E-state index >= 15 is 0 Å². The summed E-state index contributed by atoms with van der Waals surface area (Å²) in [5.74, 6) is -0.139. The van der Waals surface area contributed by atoms with Crippen molar-refractivity contribution >= 4 is 16.9 Å². The number of methoxy groups -OCH3 is 1. The monoisotopic (exact) mass is 335 g/mol. The Morgan fingerprint density at radius 3 is 2.44 bits per heavy atom.